The van der Waals surface area contributed by atoms with Gasteiger partial charge in [-0.2, -0.15) is 0 Å². The predicted octanol–water partition coefficient (Wildman–Crippen LogP) is 3.04. The van der Waals surface area contributed by atoms with Gasteiger partial charge in [0.25, 0.3) is 0 Å². The highest BCUT2D eigenvalue weighted by molar-refractivity contribution is 5.22. The fourth-order valence-corrected chi connectivity index (χ4v) is 2.49. The van der Waals surface area contributed by atoms with E-state index in [1.807, 2.05) is 0 Å². The van der Waals surface area contributed by atoms with Crippen LogP contribution in [-0.2, 0) is 11.3 Å². The highest BCUT2D eigenvalue weighted by atomic mass is 16.5. The van der Waals surface area contributed by atoms with Crippen LogP contribution in [-0.4, -0.2) is 18.2 Å². The van der Waals surface area contributed by atoms with Crippen LogP contribution in [0.1, 0.15) is 37.8 Å². The Morgan fingerprint density at radius 3 is 2.94 bits per heavy atom. The minimum atomic E-state index is 0.0303. The van der Waals surface area contributed by atoms with Crippen LogP contribution >= 0.6 is 0 Å². The van der Waals surface area contributed by atoms with Crippen LogP contribution in [0, 0.1) is 6.92 Å². The van der Waals surface area contributed by atoms with Crippen LogP contribution in [0.4, 0.5) is 0 Å². The summed E-state index contributed by atoms with van der Waals surface area (Å²) in [5.74, 6) is 0. The highest BCUT2D eigenvalue weighted by Gasteiger charge is 2.28. The van der Waals surface area contributed by atoms with E-state index in [1.165, 1.54) is 11.1 Å². The van der Waals surface area contributed by atoms with Crippen molar-refractivity contribution in [2.75, 3.05) is 6.61 Å². The first-order chi connectivity index (χ1) is 8.05. The minimum absolute atomic E-state index is 0.0303. The quantitative estimate of drug-likeness (QED) is 0.866. The summed E-state index contributed by atoms with van der Waals surface area (Å²) in [6, 6.07) is 9.28. The van der Waals surface area contributed by atoms with Crippen molar-refractivity contribution < 1.29 is 4.74 Å². The minimum Gasteiger partial charge on any atom is -0.375 e. The lowest BCUT2D eigenvalue weighted by Gasteiger charge is -2.36. The van der Waals surface area contributed by atoms with Gasteiger partial charge in [-0.05, 0) is 39.2 Å². The van der Waals surface area contributed by atoms with Crippen molar-refractivity contribution in [3.63, 3.8) is 0 Å². The molecule has 1 heterocycles. The fraction of sp³-hybridized carbons (Fsp3) is 0.600. The van der Waals surface area contributed by atoms with Crippen molar-refractivity contribution in [2.45, 2.75) is 51.8 Å². The van der Waals surface area contributed by atoms with Crippen LogP contribution < -0.4 is 5.32 Å². The van der Waals surface area contributed by atoms with Crippen molar-refractivity contribution in [3.8, 4) is 0 Å². The van der Waals surface area contributed by atoms with Crippen molar-refractivity contribution in [3.05, 3.63) is 35.4 Å². The molecule has 1 N–H and O–H groups in total. The fourth-order valence-electron chi connectivity index (χ4n) is 2.49. The molecule has 0 saturated carbocycles. The molecule has 0 amide bonds. The maximum absolute atomic E-state index is 5.73. The Kier molecular flexibility index (Phi) is 3.85. The molecule has 1 saturated heterocycles. The molecule has 0 aromatic heterocycles. The topological polar surface area (TPSA) is 21.3 Å². The van der Waals surface area contributed by atoms with Gasteiger partial charge in [-0.3, -0.25) is 0 Å². The molecule has 2 heteroatoms. The van der Waals surface area contributed by atoms with Gasteiger partial charge in [-0.25, -0.2) is 0 Å². The maximum atomic E-state index is 5.73. The molecule has 1 aromatic carbocycles. The van der Waals surface area contributed by atoms with Crippen molar-refractivity contribution in [1.29, 1.82) is 0 Å². The molecule has 2 nitrogen and oxygen atoms in total. The second-order valence-electron chi connectivity index (χ2n) is 5.67. The van der Waals surface area contributed by atoms with Gasteiger partial charge < -0.3 is 10.1 Å². The lowest BCUT2D eigenvalue weighted by atomic mass is 9.94. The van der Waals surface area contributed by atoms with Crippen molar-refractivity contribution in [2.24, 2.45) is 0 Å². The smallest absolute Gasteiger partial charge is 0.0641 e. The van der Waals surface area contributed by atoms with Gasteiger partial charge in [0.2, 0.25) is 0 Å². The number of rotatable bonds is 3. The zero-order valence-electron chi connectivity index (χ0n) is 11.1. The number of nitrogens with one attached hydrogen (secondary N) is 1. The van der Waals surface area contributed by atoms with Gasteiger partial charge in [0.05, 0.1) is 5.60 Å². The lowest BCUT2D eigenvalue weighted by molar-refractivity contribution is -0.0630. The Morgan fingerprint density at radius 1 is 1.41 bits per heavy atom. The molecule has 1 atom stereocenters. The highest BCUT2D eigenvalue weighted by Crippen LogP contribution is 2.24. The Morgan fingerprint density at radius 2 is 2.24 bits per heavy atom. The van der Waals surface area contributed by atoms with E-state index < -0.39 is 0 Å². The van der Waals surface area contributed by atoms with Gasteiger partial charge in [0, 0.05) is 19.2 Å². The zero-order chi connectivity index (χ0) is 12.3. The van der Waals surface area contributed by atoms with Gasteiger partial charge in [0.1, 0.15) is 0 Å². The molecule has 94 valence electrons. The molecule has 1 aliphatic heterocycles. The van der Waals surface area contributed by atoms with Gasteiger partial charge in [-0.15, -0.1) is 0 Å². The maximum Gasteiger partial charge on any atom is 0.0641 e. The molecule has 0 spiro atoms. The number of hydrogen-bond donors (Lipinski definition) is 1. The zero-order valence-corrected chi connectivity index (χ0v) is 11.1. The first-order valence-corrected chi connectivity index (χ1v) is 6.48. The molecule has 0 radical (unpaired) electrons. The van der Waals surface area contributed by atoms with Crippen LogP contribution in [0.25, 0.3) is 0 Å². The third-order valence-corrected chi connectivity index (χ3v) is 3.37. The molecule has 1 aliphatic rings. The molecule has 0 aliphatic carbocycles. The molecule has 1 aromatic rings. The molecule has 17 heavy (non-hydrogen) atoms. The second-order valence-corrected chi connectivity index (χ2v) is 5.67. The Hall–Kier alpha value is -0.860. The number of aryl methyl sites for hydroxylation is 1. The molecule has 2 rings (SSSR count). The number of benzene rings is 1. The summed E-state index contributed by atoms with van der Waals surface area (Å²) in [4.78, 5) is 0. The third kappa shape index (κ3) is 3.83. The normalized spacial score (nSPS) is 23.6. The van der Waals surface area contributed by atoms with E-state index in [4.69, 9.17) is 4.74 Å². The molecular weight excluding hydrogens is 210 g/mol. The third-order valence-electron chi connectivity index (χ3n) is 3.37. The van der Waals surface area contributed by atoms with E-state index in [0.717, 1.165) is 26.0 Å². The largest absolute Gasteiger partial charge is 0.375 e. The summed E-state index contributed by atoms with van der Waals surface area (Å²) in [5.41, 5.74) is 2.73. The standard InChI is InChI=1S/C15H23NO/c1-12-5-4-6-13(9-12)11-16-14-7-8-17-15(2,3)10-14/h4-6,9,14,16H,7-8,10-11H2,1-3H3. The van der Waals surface area contributed by atoms with Crippen LogP contribution in [0.15, 0.2) is 24.3 Å². The van der Waals surface area contributed by atoms with E-state index in [0.29, 0.717) is 6.04 Å². The van der Waals surface area contributed by atoms with Crippen LogP contribution in [0.2, 0.25) is 0 Å². The van der Waals surface area contributed by atoms with E-state index in [1.54, 1.807) is 0 Å². The van der Waals surface area contributed by atoms with Crippen molar-refractivity contribution in [1.82, 2.24) is 5.32 Å². The molecule has 0 bridgehead atoms. The van der Waals surface area contributed by atoms with Crippen molar-refractivity contribution >= 4 is 0 Å². The van der Waals surface area contributed by atoms with Gasteiger partial charge >= 0.3 is 0 Å². The molecular formula is C15H23NO. The Bertz CT molecular complexity index is 373. The molecule has 1 fully saturated rings. The van der Waals surface area contributed by atoms with E-state index >= 15 is 0 Å². The van der Waals surface area contributed by atoms with Crippen LogP contribution in [0.3, 0.4) is 0 Å². The number of ether oxygens (including phenoxy) is 1. The lowest BCUT2D eigenvalue weighted by Crippen LogP contribution is -2.43. The first-order valence-electron chi connectivity index (χ1n) is 6.48. The first kappa shape index (κ1) is 12.6. The molecule has 1 unspecified atom stereocenters. The van der Waals surface area contributed by atoms with Gasteiger partial charge in [0.15, 0.2) is 0 Å². The summed E-state index contributed by atoms with van der Waals surface area (Å²) < 4.78 is 5.73. The summed E-state index contributed by atoms with van der Waals surface area (Å²) >= 11 is 0. The van der Waals surface area contributed by atoms with E-state index in [-0.39, 0.29) is 5.60 Å². The summed E-state index contributed by atoms with van der Waals surface area (Å²) in [6.45, 7) is 8.32. The second kappa shape index (κ2) is 5.19. The summed E-state index contributed by atoms with van der Waals surface area (Å²) in [7, 11) is 0. The summed E-state index contributed by atoms with van der Waals surface area (Å²) in [6.07, 6.45) is 2.22. The predicted molar refractivity (Wildman–Crippen MR) is 71.1 cm³/mol. The SMILES string of the molecule is Cc1cccc(CNC2CCOC(C)(C)C2)c1. The summed E-state index contributed by atoms with van der Waals surface area (Å²) in [5, 5.41) is 3.64. The Labute approximate surface area is 104 Å². The monoisotopic (exact) mass is 233 g/mol. The van der Waals surface area contributed by atoms with E-state index in [9.17, 15) is 0 Å². The average molecular weight is 233 g/mol. The average Bonchev–Trinajstić information content (AvgIpc) is 2.25. The van der Waals surface area contributed by atoms with E-state index in [2.05, 4.69) is 50.4 Å². The Balaban J connectivity index is 1.86. The number of hydrogen-bond acceptors (Lipinski definition) is 2. The van der Waals surface area contributed by atoms with Crippen LogP contribution in [0.5, 0.6) is 0 Å². The van der Waals surface area contributed by atoms with Gasteiger partial charge in [-0.1, -0.05) is 29.8 Å².